The number of ether oxygens (including phenoxy) is 1. The van der Waals surface area contributed by atoms with E-state index in [-0.39, 0.29) is 11.9 Å². The molecule has 2 N–H and O–H groups in total. The molecule has 1 atom stereocenters. The molecule has 1 amide bonds. The molecule has 1 aliphatic rings. The molecule has 0 saturated heterocycles. The third kappa shape index (κ3) is 3.70. The van der Waals surface area contributed by atoms with Gasteiger partial charge in [0.25, 0.3) is 0 Å². The highest BCUT2D eigenvalue weighted by atomic mass is 16.5. The van der Waals surface area contributed by atoms with Crippen LogP contribution in [0.5, 0.6) is 5.88 Å². The highest BCUT2D eigenvalue weighted by Crippen LogP contribution is 2.18. The number of amides is 1. The predicted molar refractivity (Wildman–Crippen MR) is 68.3 cm³/mol. The van der Waals surface area contributed by atoms with Gasteiger partial charge in [0.05, 0.1) is 13.2 Å². The first-order valence-corrected chi connectivity index (χ1v) is 6.21. The quantitative estimate of drug-likeness (QED) is 0.784. The van der Waals surface area contributed by atoms with E-state index in [4.69, 9.17) is 4.74 Å². The average Bonchev–Trinajstić information content (AvgIpc) is 3.20. The molecule has 18 heavy (non-hydrogen) atoms. The van der Waals surface area contributed by atoms with Gasteiger partial charge in [0, 0.05) is 24.8 Å². The van der Waals surface area contributed by atoms with Crippen molar-refractivity contribution in [3.8, 4) is 5.88 Å². The second-order valence-corrected chi connectivity index (χ2v) is 4.59. The molecule has 98 valence electrons. The van der Waals surface area contributed by atoms with Crippen molar-refractivity contribution in [2.75, 3.05) is 7.11 Å². The minimum Gasteiger partial charge on any atom is -0.481 e. The second-order valence-electron chi connectivity index (χ2n) is 4.59. The lowest BCUT2D eigenvalue weighted by atomic mass is 10.2. The molecule has 0 aromatic carbocycles. The van der Waals surface area contributed by atoms with Crippen LogP contribution in [0.25, 0.3) is 0 Å². The number of hydrogen-bond acceptors (Lipinski definition) is 4. The van der Waals surface area contributed by atoms with Gasteiger partial charge in [0.1, 0.15) is 0 Å². The minimum atomic E-state index is -0.190. The Morgan fingerprint density at radius 1 is 1.61 bits per heavy atom. The summed E-state index contributed by atoms with van der Waals surface area (Å²) < 4.78 is 5.05. The molecule has 1 heterocycles. The van der Waals surface area contributed by atoms with Crippen LogP contribution < -0.4 is 15.4 Å². The number of methoxy groups -OCH3 is 1. The summed E-state index contributed by atoms with van der Waals surface area (Å²) in [5.41, 5.74) is 1.05. The van der Waals surface area contributed by atoms with Gasteiger partial charge in [-0.3, -0.25) is 4.79 Å². The lowest BCUT2D eigenvalue weighted by molar-refractivity contribution is -0.122. The Morgan fingerprint density at radius 3 is 3.06 bits per heavy atom. The molecule has 1 fully saturated rings. The largest absolute Gasteiger partial charge is 0.481 e. The molecule has 5 heteroatoms. The zero-order valence-electron chi connectivity index (χ0n) is 10.8. The lowest BCUT2D eigenvalue weighted by Gasteiger charge is -2.13. The van der Waals surface area contributed by atoms with E-state index in [1.165, 1.54) is 0 Å². The van der Waals surface area contributed by atoms with Crippen molar-refractivity contribution >= 4 is 5.91 Å². The fourth-order valence-electron chi connectivity index (χ4n) is 1.59. The van der Waals surface area contributed by atoms with E-state index in [0.717, 1.165) is 18.4 Å². The van der Waals surface area contributed by atoms with E-state index in [1.807, 2.05) is 19.1 Å². The van der Waals surface area contributed by atoms with Crippen molar-refractivity contribution in [2.45, 2.75) is 38.4 Å². The molecule has 1 aliphatic carbocycles. The van der Waals surface area contributed by atoms with E-state index >= 15 is 0 Å². The van der Waals surface area contributed by atoms with Crippen molar-refractivity contribution < 1.29 is 9.53 Å². The highest BCUT2D eigenvalue weighted by molar-refractivity contribution is 5.81. The summed E-state index contributed by atoms with van der Waals surface area (Å²) in [4.78, 5) is 15.8. The molecule has 2 rings (SSSR count). The maximum absolute atomic E-state index is 11.7. The summed E-state index contributed by atoms with van der Waals surface area (Å²) in [5.74, 6) is 0.655. The van der Waals surface area contributed by atoms with Crippen LogP contribution in [0.2, 0.25) is 0 Å². The predicted octanol–water partition coefficient (Wildman–Crippen LogP) is 0.847. The molecule has 1 saturated carbocycles. The fraction of sp³-hybridized carbons (Fsp3) is 0.538. The Labute approximate surface area is 107 Å². The van der Waals surface area contributed by atoms with E-state index < -0.39 is 0 Å². The van der Waals surface area contributed by atoms with Crippen molar-refractivity contribution in [2.24, 2.45) is 0 Å². The Kier molecular flexibility index (Phi) is 4.15. The normalized spacial score (nSPS) is 16.1. The van der Waals surface area contributed by atoms with E-state index in [0.29, 0.717) is 18.5 Å². The molecule has 5 nitrogen and oxygen atoms in total. The summed E-state index contributed by atoms with van der Waals surface area (Å²) in [6, 6.07) is 3.98. The number of aromatic nitrogens is 1. The minimum absolute atomic E-state index is 0.0681. The highest BCUT2D eigenvalue weighted by Gasteiger charge is 2.25. The maximum Gasteiger partial charge on any atom is 0.237 e. The van der Waals surface area contributed by atoms with Gasteiger partial charge >= 0.3 is 0 Å². The Bertz CT molecular complexity index is 418. The van der Waals surface area contributed by atoms with E-state index in [2.05, 4.69) is 15.6 Å². The van der Waals surface area contributed by atoms with Crippen molar-refractivity contribution in [3.05, 3.63) is 23.9 Å². The molecule has 1 aromatic rings. The zero-order chi connectivity index (χ0) is 13.0. The summed E-state index contributed by atoms with van der Waals surface area (Å²) in [6.07, 6.45) is 3.92. The van der Waals surface area contributed by atoms with Gasteiger partial charge in [0.2, 0.25) is 11.8 Å². The third-order valence-corrected chi connectivity index (χ3v) is 2.94. The van der Waals surface area contributed by atoms with Crippen LogP contribution in [0, 0.1) is 0 Å². The number of hydrogen-bond donors (Lipinski definition) is 2. The van der Waals surface area contributed by atoms with Crippen molar-refractivity contribution in [1.82, 2.24) is 15.6 Å². The number of nitrogens with zero attached hydrogens (tertiary/aromatic N) is 1. The van der Waals surface area contributed by atoms with Crippen LogP contribution in [-0.2, 0) is 11.3 Å². The lowest BCUT2D eigenvalue weighted by Crippen LogP contribution is -2.42. The summed E-state index contributed by atoms with van der Waals surface area (Å²) >= 11 is 0. The summed E-state index contributed by atoms with van der Waals surface area (Å²) in [7, 11) is 1.59. The molecular weight excluding hydrogens is 230 g/mol. The van der Waals surface area contributed by atoms with E-state index in [9.17, 15) is 4.79 Å². The van der Waals surface area contributed by atoms with Crippen molar-refractivity contribution in [1.29, 1.82) is 0 Å². The van der Waals surface area contributed by atoms with Gasteiger partial charge in [-0.25, -0.2) is 4.98 Å². The van der Waals surface area contributed by atoms with Crippen LogP contribution >= 0.6 is 0 Å². The standard InChI is InChI=1S/C13H19N3O2/c1-9(13(17)16-11-3-4-11)15-8-10-5-6-14-12(7-10)18-2/h5-7,9,11,15H,3-4,8H2,1-2H3,(H,16,17). The Balaban J connectivity index is 1.80. The first kappa shape index (κ1) is 12.8. The van der Waals surface area contributed by atoms with E-state index in [1.54, 1.807) is 13.3 Å². The topological polar surface area (TPSA) is 63.2 Å². The number of carbonyl (C=O) groups excluding carboxylic acids is 1. The van der Waals surface area contributed by atoms with Gasteiger partial charge in [0.15, 0.2) is 0 Å². The van der Waals surface area contributed by atoms with Crippen LogP contribution in [0.3, 0.4) is 0 Å². The van der Waals surface area contributed by atoms with Gasteiger partial charge < -0.3 is 15.4 Å². The van der Waals surface area contributed by atoms with Crippen LogP contribution in [-0.4, -0.2) is 30.1 Å². The number of carbonyl (C=O) groups is 1. The molecule has 0 radical (unpaired) electrons. The van der Waals surface area contributed by atoms with Gasteiger partial charge in [-0.2, -0.15) is 0 Å². The average molecular weight is 249 g/mol. The Hall–Kier alpha value is -1.62. The number of rotatable bonds is 6. The molecule has 1 unspecified atom stereocenters. The molecule has 1 aromatic heterocycles. The number of pyridine rings is 1. The molecule has 0 bridgehead atoms. The third-order valence-electron chi connectivity index (χ3n) is 2.94. The van der Waals surface area contributed by atoms with Crippen LogP contribution in [0.4, 0.5) is 0 Å². The van der Waals surface area contributed by atoms with Gasteiger partial charge in [-0.15, -0.1) is 0 Å². The monoisotopic (exact) mass is 249 g/mol. The van der Waals surface area contributed by atoms with Crippen LogP contribution in [0.1, 0.15) is 25.3 Å². The number of nitrogens with one attached hydrogen (secondary N) is 2. The molecule has 0 aliphatic heterocycles. The summed E-state index contributed by atoms with van der Waals surface area (Å²) in [6.45, 7) is 2.49. The SMILES string of the molecule is COc1cc(CNC(C)C(=O)NC2CC2)ccn1. The smallest absolute Gasteiger partial charge is 0.237 e. The Morgan fingerprint density at radius 2 is 2.39 bits per heavy atom. The van der Waals surface area contributed by atoms with Gasteiger partial charge in [-0.05, 0) is 31.4 Å². The van der Waals surface area contributed by atoms with Gasteiger partial charge in [-0.1, -0.05) is 0 Å². The van der Waals surface area contributed by atoms with Crippen LogP contribution in [0.15, 0.2) is 18.3 Å². The first-order chi connectivity index (χ1) is 8.69. The molecule has 0 spiro atoms. The fourth-order valence-corrected chi connectivity index (χ4v) is 1.59. The maximum atomic E-state index is 11.7. The zero-order valence-corrected chi connectivity index (χ0v) is 10.8. The van der Waals surface area contributed by atoms with Crippen molar-refractivity contribution in [3.63, 3.8) is 0 Å². The molecular formula is C13H19N3O2. The summed E-state index contributed by atoms with van der Waals surface area (Å²) in [5, 5.41) is 6.16. The second kappa shape index (κ2) is 5.82. The first-order valence-electron chi connectivity index (χ1n) is 6.21.